The molecule has 7 aromatic carbocycles. The van der Waals surface area contributed by atoms with Gasteiger partial charge in [-0.25, -0.2) is 0 Å². The minimum absolute atomic E-state index is 0.0387. The highest BCUT2D eigenvalue weighted by atomic mass is 79.9. The van der Waals surface area contributed by atoms with Crippen molar-refractivity contribution < 1.29 is 38.2 Å². The molecule has 9 rings (SSSR count). The van der Waals surface area contributed by atoms with Crippen molar-refractivity contribution in [2.75, 3.05) is 61.0 Å². The summed E-state index contributed by atoms with van der Waals surface area (Å²) < 4.78 is 13.4. The number of rotatable bonds is 14. The minimum atomic E-state index is -1.19. The molecule has 4 atom stereocenters. The summed E-state index contributed by atoms with van der Waals surface area (Å²) in [7, 11) is 6.42. The van der Waals surface area contributed by atoms with Crippen LogP contribution >= 0.6 is 31.9 Å². The van der Waals surface area contributed by atoms with Gasteiger partial charge in [0.2, 0.25) is 11.8 Å². The molecule has 4 N–H and O–H groups in total. The summed E-state index contributed by atoms with van der Waals surface area (Å²) in [4.78, 5) is 93.4. The summed E-state index contributed by atoms with van der Waals surface area (Å²) in [5.41, 5.74) is 3.54. The van der Waals surface area contributed by atoms with Crippen LogP contribution in [0, 0.1) is 0 Å². The second-order valence-electron chi connectivity index (χ2n) is 18.5. The molecule has 0 bridgehead atoms. The van der Waals surface area contributed by atoms with Gasteiger partial charge in [0.15, 0.2) is 0 Å². The first-order valence-corrected chi connectivity index (χ1v) is 26.2. The average Bonchev–Trinajstić information content (AvgIpc) is 3.64. The highest BCUT2D eigenvalue weighted by molar-refractivity contribution is 9.11. The number of para-hydroxylation sites is 4. The van der Waals surface area contributed by atoms with Crippen molar-refractivity contribution in [3.8, 4) is 11.5 Å². The molecule has 0 saturated carbocycles. The topological polar surface area (TPSA) is 182 Å². The normalized spacial score (nSPS) is 16.3. The Balaban J connectivity index is 1.08. The van der Waals surface area contributed by atoms with Gasteiger partial charge in [0.05, 0.1) is 75.2 Å². The van der Waals surface area contributed by atoms with E-state index in [1.807, 2.05) is 60.7 Å². The third-order valence-corrected chi connectivity index (χ3v) is 15.5. The number of fused-ring (bicyclic) bond motifs is 4. The highest BCUT2D eigenvalue weighted by Crippen LogP contribution is 2.41. The van der Waals surface area contributed by atoms with Crippen molar-refractivity contribution in [2.24, 2.45) is 0 Å². The van der Waals surface area contributed by atoms with Gasteiger partial charge in [-0.2, -0.15) is 0 Å². The molecule has 2 aliphatic rings. The Morgan fingerprint density at radius 1 is 0.513 bits per heavy atom. The standard InChI is InChI=1S/C58H56Br2N8O8/c1-33(61-3)53(69)63-45-31-67(49-19-9-7-17-47(49)65(57(45)73)29-41-37-13-11-15-43(59)39(37)25-27-51(41)75-5)55(71)35-21-23-36(24-22-35)56(72)68-32-46(64-54(70)34(2)62-4)58(74)66(48-18-8-10-20-50(48)68)30-42-38-14-12-16-44(60)40(38)26-28-52(42)76-6/h7-28,33-34,45-46,61-62H,29-32H2,1-6H3,(H,63,69)(H,64,70)/t33-,34-,45-,46-/m0/s1. The molecule has 0 radical (unpaired) electrons. The molecule has 390 valence electrons. The van der Waals surface area contributed by atoms with E-state index in [1.54, 1.807) is 100 Å². The zero-order valence-electron chi connectivity index (χ0n) is 42.7. The van der Waals surface area contributed by atoms with Gasteiger partial charge in [-0.15, -0.1) is 0 Å². The fraction of sp³-hybridized carbons (Fsp3) is 0.241. The first-order valence-electron chi connectivity index (χ1n) is 24.7. The number of benzene rings is 7. The number of hydrogen-bond acceptors (Lipinski definition) is 10. The molecule has 0 aliphatic carbocycles. The monoisotopic (exact) mass is 1150 g/mol. The van der Waals surface area contributed by atoms with Crippen LogP contribution in [0.1, 0.15) is 45.7 Å². The number of carbonyl (C=O) groups is 6. The highest BCUT2D eigenvalue weighted by Gasteiger charge is 2.40. The molecular weight excluding hydrogens is 1100 g/mol. The number of hydrogen-bond donors (Lipinski definition) is 4. The molecule has 16 nitrogen and oxygen atoms in total. The molecule has 6 amide bonds. The van der Waals surface area contributed by atoms with Crippen LogP contribution in [0.25, 0.3) is 21.5 Å². The zero-order chi connectivity index (χ0) is 53.9. The van der Waals surface area contributed by atoms with Gasteiger partial charge < -0.3 is 50.3 Å². The molecular formula is C58H56Br2N8O8. The number of anilines is 4. The molecule has 0 saturated heterocycles. The Bertz CT molecular complexity index is 3210. The lowest BCUT2D eigenvalue weighted by Crippen LogP contribution is -2.55. The molecule has 0 fully saturated rings. The summed E-state index contributed by atoms with van der Waals surface area (Å²) >= 11 is 7.33. The van der Waals surface area contributed by atoms with E-state index >= 15 is 19.2 Å². The molecule has 2 aliphatic heterocycles. The lowest BCUT2D eigenvalue weighted by molar-refractivity contribution is -0.128. The van der Waals surface area contributed by atoms with Gasteiger partial charge in [0.25, 0.3) is 23.6 Å². The maximum Gasteiger partial charge on any atom is 0.258 e. The second-order valence-corrected chi connectivity index (χ2v) is 20.2. The summed E-state index contributed by atoms with van der Waals surface area (Å²) in [6.07, 6.45) is 0. The second kappa shape index (κ2) is 22.7. The zero-order valence-corrected chi connectivity index (χ0v) is 45.8. The van der Waals surface area contributed by atoms with Crippen LogP contribution in [0.5, 0.6) is 11.5 Å². The van der Waals surface area contributed by atoms with E-state index in [9.17, 15) is 9.59 Å². The van der Waals surface area contributed by atoms with Crippen LogP contribution in [0.3, 0.4) is 0 Å². The average molecular weight is 1150 g/mol. The van der Waals surface area contributed by atoms with Crippen LogP contribution in [0.15, 0.2) is 142 Å². The van der Waals surface area contributed by atoms with E-state index < -0.39 is 59.6 Å². The number of nitrogens with one attached hydrogen (secondary N) is 4. The van der Waals surface area contributed by atoms with E-state index in [0.29, 0.717) is 34.2 Å². The lowest BCUT2D eigenvalue weighted by atomic mass is 10.0. The largest absolute Gasteiger partial charge is 0.496 e. The first-order chi connectivity index (χ1) is 36.7. The number of carbonyl (C=O) groups excluding carboxylic acids is 6. The van der Waals surface area contributed by atoms with Crippen LogP contribution in [0.2, 0.25) is 0 Å². The van der Waals surface area contributed by atoms with Gasteiger partial charge >= 0.3 is 0 Å². The van der Waals surface area contributed by atoms with Gasteiger partial charge in [-0.1, -0.05) is 80.4 Å². The van der Waals surface area contributed by atoms with E-state index in [2.05, 4.69) is 53.1 Å². The lowest BCUT2D eigenvalue weighted by Gasteiger charge is -2.27. The molecule has 76 heavy (non-hydrogen) atoms. The summed E-state index contributed by atoms with van der Waals surface area (Å²) in [5.74, 6) is -1.63. The fourth-order valence-electron chi connectivity index (χ4n) is 9.77. The maximum atomic E-state index is 15.1. The SMILES string of the molecule is CN[C@@H](C)C(=O)N[C@H]1CN(C(=O)c2ccc(C(=O)N3C[C@H](NC(=O)[C@H](C)NC)C(=O)N(Cc4c(OC)ccc5c(Br)cccc45)c4ccccc43)cc2)c2ccccc2N(Cc2c(OC)ccc3c(Br)cccc23)C1=O. The number of methoxy groups -OCH3 is 2. The predicted octanol–water partition coefficient (Wildman–Crippen LogP) is 8.11. The Morgan fingerprint density at radius 3 is 1.24 bits per heavy atom. The number of halogens is 2. The quantitative estimate of drug-likeness (QED) is 0.0831. The van der Waals surface area contributed by atoms with Crippen molar-refractivity contribution in [1.29, 1.82) is 0 Å². The van der Waals surface area contributed by atoms with E-state index in [1.165, 1.54) is 34.1 Å². The van der Waals surface area contributed by atoms with Crippen LogP contribution in [-0.2, 0) is 32.3 Å². The van der Waals surface area contributed by atoms with Crippen molar-refractivity contribution in [3.05, 3.63) is 165 Å². The van der Waals surface area contributed by atoms with Crippen molar-refractivity contribution in [2.45, 2.75) is 51.1 Å². The van der Waals surface area contributed by atoms with E-state index in [0.717, 1.165) is 41.6 Å². The van der Waals surface area contributed by atoms with E-state index in [-0.39, 0.29) is 37.3 Å². The Labute approximate surface area is 456 Å². The van der Waals surface area contributed by atoms with Crippen LogP contribution < -0.4 is 50.3 Å². The van der Waals surface area contributed by atoms with Gasteiger partial charge in [-0.05, 0) is 134 Å². The number of amides is 6. The number of likely N-dealkylation sites (N-methyl/N-ethyl adjacent to an activating group) is 2. The fourth-order valence-corrected chi connectivity index (χ4v) is 10.8. The smallest absolute Gasteiger partial charge is 0.258 e. The van der Waals surface area contributed by atoms with E-state index in [4.69, 9.17) is 9.47 Å². The van der Waals surface area contributed by atoms with Crippen molar-refractivity contribution in [1.82, 2.24) is 21.3 Å². The van der Waals surface area contributed by atoms with Gasteiger partial charge in [-0.3, -0.25) is 28.8 Å². The minimum Gasteiger partial charge on any atom is -0.496 e. The number of nitrogens with zero attached hydrogens (tertiary/aromatic N) is 4. The third kappa shape index (κ3) is 10.2. The molecule has 7 aromatic rings. The van der Waals surface area contributed by atoms with Crippen molar-refractivity contribution in [3.63, 3.8) is 0 Å². The molecule has 0 unspecified atom stereocenters. The summed E-state index contributed by atoms with van der Waals surface area (Å²) in [5, 5.41) is 15.2. The molecule has 0 spiro atoms. The van der Waals surface area contributed by atoms with Gasteiger partial charge in [0.1, 0.15) is 23.6 Å². The first kappa shape index (κ1) is 53.2. The third-order valence-electron chi connectivity index (χ3n) is 14.2. The maximum absolute atomic E-state index is 15.1. The van der Waals surface area contributed by atoms with Crippen molar-refractivity contribution >= 4 is 112 Å². The summed E-state index contributed by atoms with van der Waals surface area (Å²) in [6.45, 7) is 2.99. The van der Waals surface area contributed by atoms with Gasteiger partial charge in [0, 0.05) is 31.2 Å². The molecule has 18 heteroatoms. The molecule has 2 heterocycles. The van der Waals surface area contributed by atoms with Crippen LogP contribution in [0.4, 0.5) is 22.7 Å². The Hall–Kier alpha value is -7.64. The Morgan fingerprint density at radius 2 is 0.882 bits per heavy atom. The predicted molar refractivity (Wildman–Crippen MR) is 302 cm³/mol. The number of ether oxygens (including phenoxy) is 2. The summed E-state index contributed by atoms with van der Waals surface area (Å²) in [6, 6.07) is 35.8. The molecule has 0 aromatic heterocycles. The Kier molecular flexibility index (Phi) is 15.9. The van der Waals surface area contributed by atoms with Crippen LogP contribution in [-0.4, -0.2) is 101 Å².